The average Bonchev–Trinajstić information content (AvgIpc) is 2.87. The van der Waals surface area contributed by atoms with Gasteiger partial charge < -0.3 is 4.90 Å². The van der Waals surface area contributed by atoms with Crippen molar-refractivity contribution in [3.63, 3.8) is 0 Å². The summed E-state index contributed by atoms with van der Waals surface area (Å²) in [6, 6.07) is 2.14. The largest absolute Gasteiger partial charge is 0.337 e. The van der Waals surface area contributed by atoms with Crippen molar-refractivity contribution in [3.05, 3.63) is 17.1 Å². The zero-order valence-electron chi connectivity index (χ0n) is 10.1. The lowest BCUT2D eigenvalue weighted by atomic mass is 10.3. The van der Waals surface area contributed by atoms with Crippen LogP contribution in [-0.2, 0) is 0 Å². The van der Waals surface area contributed by atoms with Gasteiger partial charge in [-0.2, -0.15) is 16.9 Å². The molecule has 0 aliphatic carbocycles. The van der Waals surface area contributed by atoms with Gasteiger partial charge in [-0.1, -0.05) is 0 Å². The number of amides is 1. The second-order valence-corrected chi connectivity index (χ2v) is 5.95. The molecule has 0 bridgehead atoms. The van der Waals surface area contributed by atoms with Crippen LogP contribution in [0.1, 0.15) is 16.6 Å². The monoisotopic (exact) mass is 269 g/mol. The molecular formula is C11H15N3OS2. The zero-order valence-corrected chi connectivity index (χ0v) is 11.7. The molecule has 0 aliphatic rings. The highest BCUT2D eigenvalue weighted by Crippen LogP contribution is 2.24. The number of thiophene rings is 1. The number of hydrogen-bond donors (Lipinski definition) is 1. The molecule has 0 saturated carbocycles. The molecule has 17 heavy (non-hydrogen) atoms. The maximum absolute atomic E-state index is 12.2. The van der Waals surface area contributed by atoms with Crippen LogP contribution in [0.15, 0.2) is 12.3 Å². The number of fused-ring (bicyclic) bond motifs is 1. The third-order valence-electron chi connectivity index (χ3n) is 2.73. The van der Waals surface area contributed by atoms with E-state index in [1.54, 1.807) is 22.9 Å². The van der Waals surface area contributed by atoms with E-state index in [-0.39, 0.29) is 11.9 Å². The number of H-pyrrole nitrogens is 1. The smallest absolute Gasteiger partial charge is 0.264 e. The van der Waals surface area contributed by atoms with E-state index in [1.807, 2.05) is 13.1 Å². The fourth-order valence-electron chi connectivity index (χ4n) is 1.58. The molecule has 1 atom stereocenters. The van der Waals surface area contributed by atoms with Gasteiger partial charge in [0.1, 0.15) is 4.83 Å². The van der Waals surface area contributed by atoms with E-state index >= 15 is 0 Å². The van der Waals surface area contributed by atoms with Gasteiger partial charge in [0.05, 0.1) is 11.1 Å². The molecule has 2 aromatic heterocycles. The number of aromatic amines is 1. The quantitative estimate of drug-likeness (QED) is 0.927. The highest BCUT2D eigenvalue weighted by atomic mass is 32.2. The van der Waals surface area contributed by atoms with Crippen molar-refractivity contribution >= 4 is 39.2 Å². The van der Waals surface area contributed by atoms with E-state index in [1.165, 1.54) is 11.3 Å². The molecule has 0 radical (unpaired) electrons. The third kappa shape index (κ3) is 2.47. The number of aromatic nitrogens is 2. The minimum Gasteiger partial charge on any atom is -0.337 e. The fraction of sp³-hybridized carbons (Fsp3) is 0.455. The van der Waals surface area contributed by atoms with E-state index in [0.717, 1.165) is 20.8 Å². The number of carbonyl (C=O) groups excluding carboxylic acids is 1. The van der Waals surface area contributed by atoms with Crippen LogP contribution in [0.4, 0.5) is 0 Å². The first-order valence-corrected chi connectivity index (χ1v) is 7.53. The Balaban J connectivity index is 2.16. The minimum atomic E-state index is 0.0844. The molecule has 2 rings (SSSR count). The Kier molecular flexibility index (Phi) is 3.73. The molecule has 0 fully saturated rings. The predicted octanol–water partition coefficient (Wildman–Crippen LogP) is 2.45. The summed E-state index contributed by atoms with van der Waals surface area (Å²) in [5, 5.41) is 7.81. The fourth-order valence-corrected chi connectivity index (χ4v) is 3.25. The number of hydrogen-bond acceptors (Lipinski definition) is 4. The second-order valence-electron chi connectivity index (χ2n) is 3.99. The standard InChI is InChI=1S/C11H15N3OS2/c1-7(6-16-3)14(2)11(15)9-4-8-5-12-13-10(8)17-9/h4-5,7H,6H2,1-3H3,(H,12,13). The zero-order chi connectivity index (χ0) is 12.4. The highest BCUT2D eigenvalue weighted by molar-refractivity contribution is 7.98. The molecule has 2 aromatic rings. The van der Waals surface area contributed by atoms with Gasteiger partial charge in [-0.3, -0.25) is 9.89 Å². The van der Waals surface area contributed by atoms with Crippen LogP contribution in [0.2, 0.25) is 0 Å². The number of rotatable bonds is 4. The summed E-state index contributed by atoms with van der Waals surface area (Å²) >= 11 is 3.21. The van der Waals surface area contributed by atoms with Crippen LogP contribution in [0.3, 0.4) is 0 Å². The normalized spacial score (nSPS) is 12.9. The Morgan fingerprint density at radius 2 is 2.47 bits per heavy atom. The molecule has 92 valence electrons. The van der Waals surface area contributed by atoms with Crippen molar-refractivity contribution in [1.29, 1.82) is 0 Å². The molecule has 0 saturated heterocycles. The summed E-state index contributed by atoms with van der Waals surface area (Å²) in [7, 11) is 1.86. The average molecular weight is 269 g/mol. The Hall–Kier alpha value is -1.01. The van der Waals surface area contributed by atoms with Crippen LogP contribution in [0, 0.1) is 0 Å². The van der Waals surface area contributed by atoms with Crippen LogP contribution < -0.4 is 0 Å². The van der Waals surface area contributed by atoms with E-state index in [4.69, 9.17) is 0 Å². The number of thioether (sulfide) groups is 1. The molecule has 0 aromatic carbocycles. The SMILES string of the molecule is CSCC(C)N(C)C(=O)c1cc2cn[nH]c2s1. The van der Waals surface area contributed by atoms with Gasteiger partial charge in [0, 0.05) is 24.2 Å². The maximum atomic E-state index is 12.2. The first-order chi connectivity index (χ1) is 8.13. The van der Waals surface area contributed by atoms with Gasteiger partial charge in [-0.05, 0) is 19.2 Å². The van der Waals surface area contributed by atoms with Crippen LogP contribution in [0.25, 0.3) is 10.2 Å². The molecule has 1 N–H and O–H groups in total. The maximum Gasteiger partial charge on any atom is 0.264 e. The van der Waals surface area contributed by atoms with Crippen molar-refractivity contribution in [1.82, 2.24) is 15.1 Å². The lowest BCUT2D eigenvalue weighted by Gasteiger charge is -2.23. The van der Waals surface area contributed by atoms with Gasteiger partial charge in [-0.25, -0.2) is 0 Å². The van der Waals surface area contributed by atoms with Gasteiger partial charge in [0.25, 0.3) is 5.91 Å². The summed E-state index contributed by atoms with van der Waals surface area (Å²) in [4.78, 5) is 15.7. The van der Waals surface area contributed by atoms with Crippen molar-refractivity contribution in [2.75, 3.05) is 19.1 Å². The lowest BCUT2D eigenvalue weighted by molar-refractivity contribution is 0.0762. The molecule has 0 aliphatic heterocycles. The molecule has 1 unspecified atom stereocenters. The van der Waals surface area contributed by atoms with Gasteiger partial charge in [0.2, 0.25) is 0 Å². The number of nitrogens with zero attached hydrogens (tertiary/aromatic N) is 2. The first-order valence-electron chi connectivity index (χ1n) is 5.32. The van der Waals surface area contributed by atoms with Crippen LogP contribution >= 0.6 is 23.1 Å². The lowest BCUT2D eigenvalue weighted by Crippen LogP contribution is -2.36. The number of carbonyl (C=O) groups is 1. The van der Waals surface area contributed by atoms with E-state index in [0.29, 0.717) is 0 Å². The summed E-state index contributed by atoms with van der Waals surface area (Å²) in [5.41, 5.74) is 0. The van der Waals surface area contributed by atoms with Crippen molar-refractivity contribution in [2.45, 2.75) is 13.0 Å². The molecule has 6 heteroatoms. The van der Waals surface area contributed by atoms with Gasteiger partial charge in [0.15, 0.2) is 0 Å². The molecule has 2 heterocycles. The van der Waals surface area contributed by atoms with E-state index in [9.17, 15) is 4.79 Å². The Morgan fingerprint density at radius 3 is 3.12 bits per heavy atom. The minimum absolute atomic E-state index is 0.0844. The van der Waals surface area contributed by atoms with Crippen LogP contribution in [0.5, 0.6) is 0 Å². The second kappa shape index (κ2) is 5.10. The molecule has 4 nitrogen and oxygen atoms in total. The molecule has 0 spiro atoms. The summed E-state index contributed by atoms with van der Waals surface area (Å²) < 4.78 is 0. The van der Waals surface area contributed by atoms with Crippen LogP contribution in [-0.4, -0.2) is 46.1 Å². The molecular weight excluding hydrogens is 254 g/mol. The third-order valence-corrected chi connectivity index (χ3v) is 4.59. The molecule has 1 amide bonds. The van der Waals surface area contributed by atoms with Crippen molar-refractivity contribution < 1.29 is 4.79 Å². The van der Waals surface area contributed by atoms with Gasteiger partial charge >= 0.3 is 0 Å². The van der Waals surface area contributed by atoms with E-state index in [2.05, 4.69) is 23.4 Å². The van der Waals surface area contributed by atoms with Crippen molar-refractivity contribution in [2.24, 2.45) is 0 Å². The topological polar surface area (TPSA) is 49.0 Å². The Morgan fingerprint density at radius 1 is 1.71 bits per heavy atom. The van der Waals surface area contributed by atoms with Crippen molar-refractivity contribution in [3.8, 4) is 0 Å². The summed E-state index contributed by atoms with van der Waals surface area (Å²) in [6.45, 7) is 2.06. The predicted molar refractivity (Wildman–Crippen MR) is 73.9 cm³/mol. The first kappa shape index (κ1) is 12.4. The van der Waals surface area contributed by atoms with Gasteiger partial charge in [-0.15, -0.1) is 11.3 Å². The number of nitrogens with one attached hydrogen (secondary N) is 1. The van der Waals surface area contributed by atoms with E-state index < -0.39 is 0 Å². The summed E-state index contributed by atoms with van der Waals surface area (Å²) in [5.74, 6) is 1.04. The highest BCUT2D eigenvalue weighted by Gasteiger charge is 2.19. The Bertz CT molecular complexity index is 491. The Labute approximate surface area is 108 Å². The summed E-state index contributed by atoms with van der Waals surface area (Å²) in [6.07, 6.45) is 3.79.